The number of ether oxygens (including phenoxy) is 1. The van der Waals surface area contributed by atoms with Crippen molar-refractivity contribution in [1.29, 1.82) is 0 Å². The SMILES string of the molecule is COC(=O)c1cccc(CNC(=O)NC2CC2C)c1. The van der Waals surface area contributed by atoms with E-state index in [-0.39, 0.29) is 12.0 Å². The van der Waals surface area contributed by atoms with Gasteiger partial charge in [0.05, 0.1) is 12.7 Å². The zero-order valence-corrected chi connectivity index (χ0v) is 11.1. The number of carbonyl (C=O) groups excluding carboxylic acids is 2. The summed E-state index contributed by atoms with van der Waals surface area (Å²) < 4.78 is 4.65. The Morgan fingerprint density at radius 1 is 1.42 bits per heavy atom. The van der Waals surface area contributed by atoms with Crippen molar-refractivity contribution in [1.82, 2.24) is 10.6 Å². The van der Waals surface area contributed by atoms with Crippen LogP contribution in [0.4, 0.5) is 4.79 Å². The van der Waals surface area contributed by atoms with E-state index in [1.54, 1.807) is 18.2 Å². The molecule has 1 fully saturated rings. The van der Waals surface area contributed by atoms with Crippen LogP contribution in [0.3, 0.4) is 0 Å². The van der Waals surface area contributed by atoms with Crippen LogP contribution in [0.25, 0.3) is 0 Å². The van der Waals surface area contributed by atoms with Crippen LogP contribution in [-0.2, 0) is 11.3 Å². The first-order chi connectivity index (χ1) is 9.10. The molecule has 0 heterocycles. The molecule has 19 heavy (non-hydrogen) atoms. The van der Waals surface area contributed by atoms with E-state index in [2.05, 4.69) is 22.3 Å². The first-order valence-electron chi connectivity index (χ1n) is 6.31. The molecule has 2 rings (SSSR count). The Morgan fingerprint density at radius 3 is 2.79 bits per heavy atom. The van der Waals surface area contributed by atoms with Gasteiger partial charge in [-0.25, -0.2) is 9.59 Å². The van der Waals surface area contributed by atoms with E-state index in [1.165, 1.54) is 7.11 Å². The summed E-state index contributed by atoms with van der Waals surface area (Å²) in [6.07, 6.45) is 1.05. The molecule has 0 aromatic heterocycles. The zero-order chi connectivity index (χ0) is 13.8. The summed E-state index contributed by atoms with van der Waals surface area (Å²) in [5.74, 6) is 0.200. The molecule has 0 radical (unpaired) electrons. The second kappa shape index (κ2) is 5.73. The molecule has 0 bridgehead atoms. The Morgan fingerprint density at radius 2 is 2.16 bits per heavy atom. The van der Waals surface area contributed by atoms with Crippen molar-refractivity contribution in [3.63, 3.8) is 0 Å². The Balaban J connectivity index is 1.85. The quantitative estimate of drug-likeness (QED) is 0.811. The van der Waals surface area contributed by atoms with E-state index in [9.17, 15) is 9.59 Å². The van der Waals surface area contributed by atoms with E-state index in [0.717, 1.165) is 12.0 Å². The normalized spacial score (nSPS) is 20.5. The van der Waals surface area contributed by atoms with Gasteiger partial charge in [0.25, 0.3) is 0 Å². The molecule has 1 saturated carbocycles. The third-order valence-electron chi connectivity index (χ3n) is 3.23. The van der Waals surface area contributed by atoms with Gasteiger partial charge in [-0.1, -0.05) is 19.1 Å². The molecule has 2 atom stereocenters. The molecular weight excluding hydrogens is 244 g/mol. The molecule has 2 N–H and O–H groups in total. The molecule has 5 nitrogen and oxygen atoms in total. The predicted molar refractivity (Wildman–Crippen MR) is 70.7 cm³/mol. The lowest BCUT2D eigenvalue weighted by molar-refractivity contribution is 0.0600. The molecule has 1 aromatic rings. The lowest BCUT2D eigenvalue weighted by Crippen LogP contribution is -2.36. The van der Waals surface area contributed by atoms with Crippen LogP contribution in [0, 0.1) is 5.92 Å². The van der Waals surface area contributed by atoms with Gasteiger partial charge in [0, 0.05) is 12.6 Å². The van der Waals surface area contributed by atoms with Crippen molar-refractivity contribution in [2.45, 2.75) is 25.9 Å². The fourth-order valence-corrected chi connectivity index (χ4v) is 1.85. The van der Waals surface area contributed by atoms with Gasteiger partial charge >= 0.3 is 12.0 Å². The van der Waals surface area contributed by atoms with Crippen molar-refractivity contribution < 1.29 is 14.3 Å². The summed E-state index contributed by atoms with van der Waals surface area (Å²) in [6, 6.07) is 7.16. The number of nitrogens with one attached hydrogen (secondary N) is 2. The molecule has 102 valence electrons. The minimum absolute atomic E-state index is 0.169. The van der Waals surface area contributed by atoms with Crippen LogP contribution in [0.1, 0.15) is 29.3 Å². The Labute approximate surface area is 112 Å². The van der Waals surface area contributed by atoms with E-state index >= 15 is 0 Å². The number of carbonyl (C=O) groups is 2. The maximum Gasteiger partial charge on any atom is 0.337 e. The molecule has 2 amide bonds. The van der Waals surface area contributed by atoms with E-state index in [4.69, 9.17) is 0 Å². The fraction of sp³-hybridized carbons (Fsp3) is 0.429. The van der Waals surface area contributed by atoms with Gasteiger partial charge in [-0.2, -0.15) is 0 Å². The summed E-state index contributed by atoms with van der Waals surface area (Å²) in [5, 5.41) is 5.65. The average molecular weight is 262 g/mol. The smallest absolute Gasteiger partial charge is 0.337 e. The highest BCUT2D eigenvalue weighted by atomic mass is 16.5. The summed E-state index contributed by atoms with van der Waals surface area (Å²) in [6.45, 7) is 2.49. The average Bonchev–Trinajstić information content (AvgIpc) is 3.11. The van der Waals surface area contributed by atoms with Crippen molar-refractivity contribution in [2.24, 2.45) is 5.92 Å². The Hall–Kier alpha value is -2.04. The maximum absolute atomic E-state index is 11.6. The molecule has 0 saturated heterocycles. The second-order valence-electron chi connectivity index (χ2n) is 4.84. The van der Waals surface area contributed by atoms with Gasteiger partial charge in [0.2, 0.25) is 0 Å². The first-order valence-corrected chi connectivity index (χ1v) is 6.31. The molecule has 1 aliphatic carbocycles. The molecule has 0 spiro atoms. The zero-order valence-electron chi connectivity index (χ0n) is 11.1. The van der Waals surface area contributed by atoms with Crippen LogP contribution in [-0.4, -0.2) is 25.2 Å². The third-order valence-corrected chi connectivity index (χ3v) is 3.23. The van der Waals surface area contributed by atoms with E-state index in [0.29, 0.717) is 24.1 Å². The number of rotatable bonds is 4. The molecule has 1 aliphatic rings. The van der Waals surface area contributed by atoms with Crippen molar-refractivity contribution in [2.75, 3.05) is 7.11 Å². The van der Waals surface area contributed by atoms with Gasteiger partial charge in [-0.3, -0.25) is 0 Å². The second-order valence-corrected chi connectivity index (χ2v) is 4.84. The predicted octanol–water partition coefficient (Wildman–Crippen LogP) is 1.68. The van der Waals surface area contributed by atoms with Crippen LogP contribution in [0.5, 0.6) is 0 Å². The van der Waals surface area contributed by atoms with Crippen molar-refractivity contribution in [3.05, 3.63) is 35.4 Å². The van der Waals surface area contributed by atoms with Crippen molar-refractivity contribution >= 4 is 12.0 Å². The summed E-state index contributed by atoms with van der Waals surface area (Å²) in [5.41, 5.74) is 1.35. The van der Waals surface area contributed by atoms with Gasteiger partial charge in [-0.05, 0) is 30.0 Å². The number of hydrogen-bond acceptors (Lipinski definition) is 3. The maximum atomic E-state index is 11.6. The summed E-state index contributed by atoms with van der Waals surface area (Å²) in [7, 11) is 1.34. The highest BCUT2D eigenvalue weighted by molar-refractivity contribution is 5.89. The third kappa shape index (κ3) is 3.71. The number of benzene rings is 1. The van der Waals surface area contributed by atoms with Gasteiger partial charge in [-0.15, -0.1) is 0 Å². The summed E-state index contributed by atoms with van der Waals surface area (Å²) >= 11 is 0. The lowest BCUT2D eigenvalue weighted by Gasteiger charge is -2.08. The first kappa shape index (κ1) is 13.4. The molecule has 1 aromatic carbocycles. The summed E-state index contributed by atoms with van der Waals surface area (Å²) in [4.78, 5) is 22.9. The topological polar surface area (TPSA) is 67.4 Å². The molecule has 5 heteroatoms. The minimum atomic E-state index is -0.377. The molecular formula is C14H18N2O3. The number of hydrogen-bond donors (Lipinski definition) is 2. The van der Waals surface area contributed by atoms with Crippen LogP contribution in [0.15, 0.2) is 24.3 Å². The largest absolute Gasteiger partial charge is 0.465 e. The highest BCUT2D eigenvalue weighted by Crippen LogP contribution is 2.28. The van der Waals surface area contributed by atoms with Crippen LogP contribution < -0.4 is 10.6 Å². The number of methoxy groups -OCH3 is 1. The number of esters is 1. The van der Waals surface area contributed by atoms with Gasteiger partial charge in [0.15, 0.2) is 0 Å². The molecule has 2 unspecified atom stereocenters. The van der Waals surface area contributed by atoms with Gasteiger partial charge < -0.3 is 15.4 Å². The lowest BCUT2D eigenvalue weighted by atomic mass is 10.1. The van der Waals surface area contributed by atoms with Crippen LogP contribution in [0.2, 0.25) is 0 Å². The monoisotopic (exact) mass is 262 g/mol. The Kier molecular flexibility index (Phi) is 4.04. The highest BCUT2D eigenvalue weighted by Gasteiger charge is 2.33. The van der Waals surface area contributed by atoms with E-state index < -0.39 is 0 Å². The van der Waals surface area contributed by atoms with Crippen molar-refractivity contribution in [3.8, 4) is 0 Å². The Bertz CT molecular complexity index is 487. The van der Waals surface area contributed by atoms with E-state index in [1.807, 2.05) is 6.07 Å². The fourth-order valence-electron chi connectivity index (χ4n) is 1.85. The molecule has 0 aliphatic heterocycles. The van der Waals surface area contributed by atoms with Crippen LogP contribution >= 0.6 is 0 Å². The van der Waals surface area contributed by atoms with Gasteiger partial charge in [0.1, 0.15) is 0 Å². The number of urea groups is 1. The minimum Gasteiger partial charge on any atom is -0.465 e. The number of amides is 2. The standard InChI is InChI=1S/C14H18N2O3/c1-9-6-12(9)16-14(18)15-8-10-4-3-5-11(7-10)13(17)19-2/h3-5,7,9,12H,6,8H2,1-2H3,(H2,15,16,18).